The Morgan fingerprint density at radius 2 is 2.22 bits per heavy atom. The van der Waals surface area contributed by atoms with Crippen LogP contribution in [0.1, 0.15) is 22.2 Å². The van der Waals surface area contributed by atoms with E-state index in [1.165, 1.54) is 29.1 Å². The number of anilines is 1. The molecule has 1 amide bonds. The van der Waals surface area contributed by atoms with Gasteiger partial charge in [-0.05, 0) is 37.6 Å². The third-order valence-electron chi connectivity index (χ3n) is 3.98. The highest BCUT2D eigenvalue weighted by molar-refractivity contribution is 7.20. The number of benzene rings is 1. The van der Waals surface area contributed by atoms with Crippen molar-refractivity contribution in [3.63, 3.8) is 0 Å². The van der Waals surface area contributed by atoms with E-state index >= 15 is 0 Å². The lowest BCUT2D eigenvalue weighted by Gasteiger charge is -2.06. The molecule has 3 aromatic rings. The standard InChI is InChI=1S/C18H17ClFN3O3S/c1-3-26-7-6-23-9-21-17-14(18(23)25)10(2)15(27-17)16(24)22-11-4-5-13(20)12(19)8-11/h4-5,8-9H,3,6-7H2,1-2H3,(H,22,24). The van der Waals surface area contributed by atoms with Crippen molar-refractivity contribution in [1.82, 2.24) is 9.55 Å². The predicted molar refractivity (Wildman–Crippen MR) is 104 cm³/mol. The molecule has 0 atom stereocenters. The summed E-state index contributed by atoms with van der Waals surface area (Å²) in [5.74, 6) is -0.969. The molecule has 1 N–H and O–H groups in total. The van der Waals surface area contributed by atoms with Crippen molar-refractivity contribution in [2.45, 2.75) is 20.4 Å². The van der Waals surface area contributed by atoms with Gasteiger partial charge in [-0.25, -0.2) is 9.37 Å². The normalized spacial score (nSPS) is 11.1. The molecule has 0 aliphatic rings. The first-order valence-corrected chi connectivity index (χ1v) is 9.44. The molecule has 9 heteroatoms. The van der Waals surface area contributed by atoms with Crippen molar-refractivity contribution in [2.24, 2.45) is 0 Å². The van der Waals surface area contributed by atoms with Gasteiger partial charge >= 0.3 is 0 Å². The van der Waals surface area contributed by atoms with Crippen LogP contribution in [0.25, 0.3) is 10.2 Å². The van der Waals surface area contributed by atoms with Gasteiger partial charge in [0.1, 0.15) is 10.6 Å². The second kappa shape index (κ2) is 8.16. The molecule has 0 bridgehead atoms. The Balaban J connectivity index is 1.91. The van der Waals surface area contributed by atoms with E-state index < -0.39 is 11.7 Å². The number of hydrogen-bond donors (Lipinski definition) is 1. The summed E-state index contributed by atoms with van der Waals surface area (Å²) in [4.78, 5) is 30.5. The zero-order valence-corrected chi connectivity index (χ0v) is 16.3. The quantitative estimate of drug-likeness (QED) is 0.627. The summed E-state index contributed by atoms with van der Waals surface area (Å²) >= 11 is 6.88. The lowest BCUT2D eigenvalue weighted by molar-refractivity contribution is 0.103. The number of carbonyl (C=O) groups is 1. The average Bonchev–Trinajstić information content (AvgIpc) is 2.98. The minimum atomic E-state index is -0.565. The summed E-state index contributed by atoms with van der Waals surface area (Å²) in [7, 11) is 0. The highest BCUT2D eigenvalue weighted by atomic mass is 35.5. The smallest absolute Gasteiger partial charge is 0.266 e. The number of carbonyl (C=O) groups excluding carboxylic acids is 1. The van der Waals surface area contributed by atoms with E-state index in [1.54, 1.807) is 6.92 Å². The number of rotatable bonds is 6. The third kappa shape index (κ3) is 4.02. The van der Waals surface area contributed by atoms with Crippen LogP contribution >= 0.6 is 22.9 Å². The molecule has 0 fully saturated rings. The third-order valence-corrected chi connectivity index (χ3v) is 5.47. The van der Waals surface area contributed by atoms with E-state index in [9.17, 15) is 14.0 Å². The zero-order valence-electron chi connectivity index (χ0n) is 14.7. The highest BCUT2D eigenvalue weighted by Gasteiger charge is 2.20. The molecule has 1 aromatic carbocycles. The maximum atomic E-state index is 13.3. The van der Waals surface area contributed by atoms with Gasteiger partial charge < -0.3 is 10.1 Å². The van der Waals surface area contributed by atoms with E-state index in [1.807, 2.05) is 6.92 Å². The Morgan fingerprint density at radius 1 is 1.44 bits per heavy atom. The van der Waals surface area contributed by atoms with E-state index in [4.69, 9.17) is 16.3 Å². The van der Waals surface area contributed by atoms with Crippen LogP contribution in [0, 0.1) is 12.7 Å². The van der Waals surface area contributed by atoms with Gasteiger partial charge in [0.2, 0.25) is 0 Å². The van der Waals surface area contributed by atoms with Crippen molar-refractivity contribution in [3.8, 4) is 0 Å². The van der Waals surface area contributed by atoms with Crippen LogP contribution in [-0.4, -0.2) is 28.7 Å². The van der Waals surface area contributed by atoms with Gasteiger partial charge in [-0.1, -0.05) is 11.6 Å². The fourth-order valence-corrected chi connectivity index (χ4v) is 3.82. The Morgan fingerprint density at radius 3 is 2.93 bits per heavy atom. The van der Waals surface area contributed by atoms with Gasteiger partial charge in [-0.3, -0.25) is 14.2 Å². The van der Waals surface area contributed by atoms with Crippen LogP contribution in [-0.2, 0) is 11.3 Å². The second-order valence-corrected chi connectivity index (χ2v) is 7.17. The molecule has 0 aliphatic carbocycles. The number of amides is 1. The van der Waals surface area contributed by atoms with Crippen molar-refractivity contribution < 1.29 is 13.9 Å². The minimum absolute atomic E-state index is 0.0836. The topological polar surface area (TPSA) is 73.2 Å². The fourth-order valence-electron chi connectivity index (χ4n) is 2.60. The van der Waals surface area contributed by atoms with Crippen molar-refractivity contribution in [1.29, 1.82) is 0 Å². The summed E-state index contributed by atoms with van der Waals surface area (Å²) in [6.45, 7) is 4.96. The molecule has 0 saturated carbocycles. The number of nitrogens with zero attached hydrogens (tertiary/aromatic N) is 2. The molecule has 0 radical (unpaired) electrons. The van der Waals surface area contributed by atoms with E-state index in [2.05, 4.69) is 10.3 Å². The molecule has 0 unspecified atom stereocenters. The Bertz CT molecular complexity index is 1060. The van der Waals surface area contributed by atoms with E-state index in [0.717, 1.165) is 11.3 Å². The lowest BCUT2D eigenvalue weighted by atomic mass is 10.2. The molecule has 0 aliphatic heterocycles. The maximum Gasteiger partial charge on any atom is 0.266 e. The lowest BCUT2D eigenvalue weighted by Crippen LogP contribution is -2.23. The first kappa shape index (κ1) is 19.5. The number of halogens is 2. The van der Waals surface area contributed by atoms with Gasteiger partial charge in [0, 0.05) is 12.3 Å². The van der Waals surface area contributed by atoms with Gasteiger partial charge in [0.25, 0.3) is 11.5 Å². The largest absolute Gasteiger partial charge is 0.380 e. The number of ether oxygens (including phenoxy) is 1. The molecule has 0 saturated heterocycles. The van der Waals surface area contributed by atoms with Crippen molar-refractivity contribution in [2.75, 3.05) is 18.5 Å². The van der Waals surface area contributed by atoms with Gasteiger partial charge in [-0.2, -0.15) is 0 Å². The number of nitrogens with one attached hydrogen (secondary N) is 1. The first-order chi connectivity index (χ1) is 12.9. The van der Waals surface area contributed by atoms with Gasteiger partial charge in [0.05, 0.1) is 34.8 Å². The summed E-state index contributed by atoms with van der Waals surface area (Å²) in [5.41, 5.74) is 0.714. The molecule has 3 rings (SSSR count). The van der Waals surface area contributed by atoms with Gasteiger partial charge in [0.15, 0.2) is 0 Å². The molecular weight excluding hydrogens is 393 g/mol. The Hall–Kier alpha value is -2.29. The molecule has 2 aromatic heterocycles. The van der Waals surface area contributed by atoms with Crippen molar-refractivity contribution >= 4 is 44.7 Å². The zero-order chi connectivity index (χ0) is 19.6. The highest BCUT2D eigenvalue weighted by Crippen LogP contribution is 2.28. The van der Waals surface area contributed by atoms with Crippen LogP contribution < -0.4 is 10.9 Å². The summed E-state index contributed by atoms with van der Waals surface area (Å²) in [6.07, 6.45) is 1.46. The molecular formula is C18H17ClFN3O3S. The first-order valence-electron chi connectivity index (χ1n) is 8.25. The number of thiophene rings is 1. The number of fused-ring (bicyclic) bond motifs is 1. The average molecular weight is 410 g/mol. The van der Waals surface area contributed by atoms with E-state index in [0.29, 0.717) is 46.1 Å². The minimum Gasteiger partial charge on any atom is -0.380 e. The van der Waals surface area contributed by atoms with Gasteiger partial charge in [-0.15, -0.1) is 11.3 Å². The van der Waals surface area contributed by atoms with Crippen LogP contribution in [0.3, 0.4) is 0 Å². The van der Waals surface area contributed by atoms with Crippen LogP contribution in [0.15, 0.2) is 29.3 Å². The number of aryl methyl sites for hydroxylation is 1. The summed E-state index contributed by atoms with van der Waals surface area (Å²) in [5, 5.41) is 3.00. The van der Waals surface area contributed by atoms with Crippen molar-refractivity contribution in [3.05, 3.63) is 56.2 Å². The summed E-state index contributed by atoms with van der Waals surface area (Å²) in [6, 6.07) is 3.92. The van der Waals surface area contributed by atoms with Crippen LogP contribution in [0.2, 0.25) is 5.02 Å². The SMILES string of the molecule is CCOCCn1cnc2sc(C(=O)Nc3ccc(F)c(Cl)c3)c(C)c2c1=O. The monoisotopic (exact) mass is 409 g/mol. The molecule has 142 valence electrons. The predicted octanol–water partition coefficient (Wildman–Crippen LogP) is 3.85. The fraction of sp³-hybridized carbons (Fsp3) is 0.278. The number of hydrogen-bond acceptors (Lipinski definition) is 5. The van der Waals surface area contributed by atoms with Crippen LogP contribution in [0.4, 0.5) is 10.1 Å². The second-order valence-electron chi connectivity index (χ2n) is 5.76. The Kier molecular flexibility index (Phi) is 5.88. The summed E-state index contributed by atoms with van der Waals surface area (Å²) < 4.78 is 20.0. The molecule has 2 heterocycles. The molecule has 0 spiro atoms. The molecule has 6 nitrogen and oxygen atoms in total. The number of aromatic nitrogens is 2. The molecule has 27 heavy (non-hydrogen) atoms. The van der Waals surface area contributed by atoms with E-state index in [-0.39, 0.29) is 10.6 Å². The maximum absolute atomic E-state index is 13.3. The Labute approximate surface area is 163 Å². The van der Waals surface area contributed by atoms with Crippen LogP contribution in [0.5, 0.6) is 0 Å².